The van der Waals surface area contributed by atoms with Crippen molar-refractivity contribution >= 4 is 17.7 Å². The van der Waals surface area contributed by atoms with Crippen LogP contribution in [0.1, 0.15) is 59.4 Å². The molecule has 1 aliphatic carbocycles. The van der Waals surface area contributed by atoms with Gasteiger partial charge in [-0.05, 0) is 66.8 Å². The van der Waals surface area contributed by atoms with E-state index >= 15 is 0 Å². The molecule has 1 aromatic heterocycles. The molecule has 0 spiro atoms. The molecule has 4 aromatic rings. The van der Waals surface area contributed by atoms with Crippen molar-refractivity contribution < 1.29 is 19.1 Å². The number of carbonyl (C=O) groups excluding carboxylic acids is 2. The summed E-state index contributed by atoms with van der Waals surface area (Å²) in [5, 5.41) is 11.0. The summed E-state index contributed by atoms with van der Waals surface area (Å²) in [6.45, 7) is 6.18. The molecule has 1 amide bonds. The van der Waals surface area contributed by atoms with Crippen LogP contribution in [0.2, 0.25) is 0 Å². The van der Waals surface area contributed by atoms with Crippen molar-refractivity contribution in [2.24, 2.45) is 0 Å². The van der Waals surface area contributed by atoms with Gasteiger partial charge in [-0.15, -0.1) is 5.10 Å². The van der Waals surface area contributed by atoms with Crippen molar-refractivity contribution in [3.8, 4) is 11.1 Å². The van der Waals surface area contributed by atoms with Crippen molar-refractivity contribution in [3.05, 3.63) is 101 Å². The standard InChI is InChI=1S/C30H31N5O4/c1-30(2,3)39-28(36)20-12-19(13-21(31)14-20)16-35-17-22(33-34-35)15-32-29(37)38-18-27-25-10-6-4-8-23(25)24-9-5-7-11-26(24)27/h4-14,17,27H,15-16,18,31H2,1-3H3,(H,32,37). The highest BCUT2D eigenvalue weighted by atomic mass is 16.6. The molecule has 3 N–H and O–H groups in total. The summed E-state index contributed by atoms with van der Waals surface area (Å²) < 4.78 is 12.6. The number of anilines is 1. The summed E-state index contributed by atoms with van der Waals surface area (Å²) in [4.78, 5) is 25.0. The minimum absolute atomic E-state index is 0.00657. The molecule has 0 saturated heterocycles. The van der Waals surface area contributed by atoms with Gasteiger partial charge in [0.2, 0.25) is 0 Å². The highest BCUT2D eigenvalue weighted by Gasteiger charge is 2.29. The Kier molecular flexibility index (Phi) is 7.06. The number of nitrogen functional groups attached to an aromatic ring is 1. The van der Waals surface area contributed by atoms with Crippen molar-refractivity contribution in [2.45, 2.75) is 45.4 Å². The number of nitrogens with zero attached hydrogens (tertiary/aromatic N) is 3. The number of amides is 1. The Labute approximate surface area is 226 Å². The van der Waals surface area contributed by atoms with Gasteiger partial charge in [0.15, 0.2) is 0 Å². The number of alkyl carbamates (subject to hydrolysis) is 1. The first-order valence-electron chi connectivity index (χ1n) is 12.8. The van der Waals surface area contributed by atoms with Crippen LogP contribution in [0.4, 0.5) is 10.5 Å². The number of benzene rings is 3. The van der Waals surface area contributed by atoms with E-state index in [1.807, 2.05) is 45.0 Å². The molecule has 3 aromatic carbocycles. The number of nitrogens with two attached hydrogens (primary N) is 1. The molecule has 0 aliphatic heterocycles. The van der Waals surface area contributed by atoms with Gasteiger partial charge in [0.1, 0.15) is 17.9 Å². The van der Waals surface area contributed by atoms with Crippen LogP contribution in [0.15, 0.2) is 72.9 Å². The summed E-state index contributed by atoms with van der Waals surface area (Å²) >= 11 is 0. The maximum atomic E-state index is 12.5. The smallest absolute Gasteiger partial charge is 0.407 e. The number of fused-ring (bicyclic) bond motifs is 3. The average Bonchev–Trinajstić information content (AvgIpc) is 3.47. The largest absolute Gasteiger partial charge is 0.456 e. The zero-order valence-electron chi connectivity index (χ0n) is 22.2. The average molecular weight is 526 g/mol. The highest BCUT2D eigenvalue weighted by molar-refractivity contribution is 5.91. The van der Waals surface area contributed by atoms with Crippen LogP contribution in [0.25, 0.3) is 11.1 Å². The lowest BCUT2D eigenvalue weighted by atomic mass is 9.98. The third-order valence-corrected chi connectivity index (χ3v) is 6.34. The van der Waals surface area contributed by atoms with Gasteiger partial charge in [0.25, 0.3) is 0 Å². The Bertz CT molecular complexity index is 1480. The molecule has 0 unspecified atom stereocenters. The summed E-state index contributed by atoms with van der Waals surface area (Å²) in [7, 11) is 0. The van der Waals surface area contributed by atoms with Gasteiger partial charge in [-0.3, -0.25) is 0 Å². The fourth-order valence-electron chi connectivity index (χ4n) is 4.76. The highest BCUT2D eigenvalue weighted by Crippen LogP contribution is 2.44. The quantitative estimate of drug-likeness (QED) is 0.260. The fourth-order valence-corrected chi connectivity index (χ4v) is 4.76. The van der Waals surface area contributed by atoms with Crippen LogP contribution in [-0.2, 0) is 22.6 Å². The van der Waals surface area contributed by atoms with Crippen LogP contribution in [0.5, 0.6) is 0 Å². The van der Waals surface area contributed by atoms with Crippen LogP contribution in [-0.4, -0.2) is 39.3 Å². The Morgan fingerprint density at radius 2 is 1.67 bits per heavy atom. The first-order chi connectivity index (χ1) is 18.7. The number of nitrogens with one attached hydrogen (secondary N) is 1. The number of esters is 1. The molecule has 0 fully saturated rings. The summed E-state index contributed by atoms with van der Waals surface area (Å²) in [6.07, 6.45) is 1.20. The minimum Gasteiger partial charge on any atom is -0.456 e. The first kappa shape index (κ1) is 26.0. The van der Waals surface area contributed by atoms with Crippen LogP contribution >= 0.6 is 0 Å². The van der Waals surface area contributed by atoms with Crippen LogP contribution in [0, 0.1) is 0 Å². The molecule has 200 valence electrons. The van der Waals surface area contributed by atoms with Crippen molar-refractivity contribution in [1.29, 1.82) is 0 Å². The molecular formula is C30H31N5O4. The van der Waals surface area contributed by atoms with E-state index < -0.39 is 17.7 Å². The summed E-state index contributed by atoms with van der Waals surface area (Å²) in [5.74, 6) is -0.449. The Hall–Kier alpha value is -4.66. The van der Waals surface area contributed by atoms with E-state index in [0.29, 0.717) is 23.5 Å². The maximum absolute atomic E-state index is 12.5. The van der Waals surface area contributed by atoms with E-state index in [9.17, 15) is 9.59 Å². The van der Waals surface area contributed by atoms with E-state index in [-0.39, 0.29) is 19.1 Å². The number of hydrogen-bond donors (Lipinski definition) is 2. The van der Waals surface area contributed by atoms with E-state index in [4.69, 9.17) is 15.2 Å². The van der Waals surface area contributed by atoms with Crippen molar-refractivity contribution in [1.82, 2.24) is 20.3 Å². The number of rotatable bonds is 7. The molecule has 5 rings (SSSR count). The number of ether oxygens (including phenoxy) is 2. The number of hydrogen-bond acceptors (Lipinski definition) is 7. The molecule has 0 bridgehead atoms. The van der Waals surface area contributed by atoms with Gasteiger partial charge in [-0.1, -0.05) is 53.7 Å². The third-order valence-electron chi connectivity index (χ3n) is 6.34. The predicted molar refractivity (Wildman–Crippen MR) is 147 cm³/mol. The Morgan fingerprint density at radius 1 is 1.00 bits per heavy atom. The SMILES string of the molecule is CC(C)(C)OC(=O)c1cc(N)cc(Cn2cc(CNC(=O)OCC3c4ccccc4-c4ccccc43)nn2)c1. The monoisotopic (exact) mass is 525 g/mol. The molecule has 1 heterocycles. The Balaban J connectivity index is 1.16. The van der Waals surface area contributed by atoms with E-state index in [1.165, 1.54) is 11.1 Å². The van der Waals surface area contributed by atoms with Gasteiger partial charge in [0.05, 0.1) is 24.8 Å². The van der Waals surface area contributed by atoms with Gasteiger partial charge >= 0.3 is 12.1 Å². The molecule has 9 heteroatoms. The zero-order chi connectivity index (χ0) is 27.6. The fraction of sp³-hybridized carbons (Fsp3) is 0.267. The van der Waals surface area contributed by atoms with E-state index in [1.54, 1.807) is 29.1 Å². The predicted octanol–water partition coefficient (Wildman–Crippen LogP) is 4.90. The molecular weight excluding hydrogens is 494 g/mol. The molecule has 0 atom stereocenters. The lowest BCUT2D eigenvalue weighted by Gasteiger charge is -2.19. The lowest BCUT2D eigenvalue weighted by Crippen LogP contribution is -2.25. The molecule has 0 radical (unpaired) electrons. The molecule has 39 heavy (non-hydrogen) atoms. The second-order valence-electron chi connectivity index (χ2n) is 10.6. The lowest BCUT2D eigenvalue weighted by molar-refractivity contribution is 0.00693. The Morgan fingerprint density at radius 3 is 2.33 bits per heavy atom. The van der Waals surface area contributed by atoms with Crippen molar-refractivity contribution in [3.63, 3.8) is 0 Å². The van der Waals surface area contributed by atoms with E-state index in [0.717, 1.165) is 16.7 Å². The molecule has 1 aliphatic rings. The van der Waals surface area contributed by atoms with Gasteiger partial charge in [-0.2, -0.15) is 0 Å². The van der Waals surface area contributed by atoms with Crippen LogP contribution in [0.3, 0.4) is 0 Å². The second kappa shape index (κ2) is 10.6. The summed E-state index contributed by atoms with van der Waals surface area (Å²) in [5.41, 5.74) is 12.2. The molecule has 9 nitrogen and oxygen atoms in total. The van der Waals surface area contributed by atoms with Gasteiger partial charge in [-0.25, -0.2) is 14.3 Å². The third kappa shape index (κ3) is 6.09. The maximum Gasteiger partial charge on any atom is 0.407 e. The minimum atomic E-state index is -0.608. The topological polar surface area (TPSA) is 121 Å². The van der Waals surface area contributed by atoms with Crippen LogP contribution < -0.4 is 11.1 Å². The van der Waals surface area contributed by atoms with E-state index in [2.05, 4.69) is 39.9 Å². The molecule has 0 saturated carbocycles. The first-order valence-corrected chi connectivity index (χ1v) is 12.8. The van der Waals surface area contributed by atoms with Gasteiger partial charge in [0, 0.05) is 11.6 Å². The number of aromatic nitrogens is 3. The van der Waals surface area contributed by atoms with Crippen molar-refractivity contribution in [2.75, 3.05) is 12.3 Å². The summed E-state index contributed by atoms with van der Waals surface area (Å²) in [6, 6.07) is 21.5. The second-order valence-corrected chi connectivity index (χ2v) is 10.6. The van der Waals surface area contributed by atoms with Gasteiger partial charge < -0.3 is 20.5 Å². The zero-order valence-corrected chi connectivity index (χ0v) is 22.2. The number of carbonyl (C=O) groups is 2. The normalized spacial score (nSPS) is 12.5.